The number of fused-ring (bicyclic) bond motifs is 1. The van der Waals surface area contributed by atoms with Crippen LogP contribution in [0, 0.1) is 0 Å². The minimum Gasteiger partial charge on any atom is -0.406 e. The Kier molecular flexibility index (Phi) is 5.24. The lowest BCUT2D eigenvalue weighted by atomic mass is 10.0. The number of imidazole rings is 1. The van der Waals surface area contributed by atoms with E-state index in [0.29, 0.717) is 19.4 Å². The van der Waals surface area contributed by atoms with Gasteiger partial charge in [-0.3, -0.25) is 0 Å². The molecule has 0 unspecified atom stereocenters. The maximum absolute atomic E-state index is 13.5. The first-order chi connectivity index (χ1) is 15.9. The summed E-state index contributed by atoms with van der Waals surface area (Å²) in [6.07, 6.45) is 6.25. The number of halogens is 4. The average Bonchev–Trinajstić information content (AvgIpc) is 3.42. The molecule has 1 aliphatic heterocycles. The van der Waals surface area contributed by atoms with Crippen molar-refractivity contribution in [3.63, 3.8) is 0 Å². The van der Waals surface area contributed by atoms with Gasteiger partial charge in [-0.05, 0) is 53.5 Å². The number of benzene rings is 1. The third-order valence-electron chi connectivity index (χ3n) is 5.46. The van der Waals surface area contributed by atoms with Gasteiger partial charge in [-0.25, -0.2) is 14.4 Å². The van der Waals surface area contributed by atoms with E-state index in [2.05, 4.69) is 19.7 Å². The van der Waals surface area contributed by atoms with Crippen molar-refractivity contribution in [2.45, 2.75) is 25.7 Å². The highest BCUT2D eigenvalue weighted by molar-refractivity contribution is 5.88. The van der Waals surface area contributed by atoms with Crippen LogP contribution >= 0.6 is 0 Å². The number of alkyl halides is 3. The van der Waals surface area contributed by atoms with Crippen molar-refractivity contribution >= 4 is 23.2 Å². The van der Waals surface area contributed by atoms with E-state index in [-0.39, 0.29) is 11.6 Å². The van der Waals surface area contributed by atoms with Crippen LogP contribution in [-0.4, -0.2) is 27.1 Å². The minimum atomic E-state index is -4.74. The van der Waals surface area contributed by atoms with E-state index in [1.165, 1.54) is 24.3 Å². The summed E-state index contributed by atoms with van der Waals surface area (Å²) in [6.45, 7) is 0.385. The van der Waals surface area contributed by atoms with Gasteiger partial charge in [-0.15, -0.1) is 13.2 Å². The van der Waals surface area contributed by atoms with Crippen molar-refractivity contribution in [2.24, 2.45) is 4.99 Å². The predicted molar refractivity (Wildman–Crippen MR) is 116 cm³/mol. The Balaban J connectivity index is 1.62. The molecule has 0 bridgehead atoms. The number of nitrogens with one attached hydrogen (secondary N) is 1. The Morgan fingerprint density at radius 2 is 1.88 bits per heavy atom. The number of aromatic amines is 1. The van der Waals surface area contributed by atoms with Gasteiger partial charge in [-0.1, -0.05) is 18.2 Å². The molecule has 0 atom stereocenters. The highest BCUT2D eigenvalue weighted by atomic mass is 19.4. The smallest absolute Gasteiger partial charge is 0.406 e. The molecule has 3 heterocycles. The topological polar surface area (TPSA) is 55.2 Å². The first kappa shape index (κ1) is 21.0. The maximum atomic E-state index is 13.5. The molecule has 1 aromatic carbocycles. The summed E-state index contributed by atoms with van der Waals surface area (Å²) in [6, 6.07) is 7.71. The minimum absolute atomic E-state index is 0.274. The third-order valence-corrected chi connectivity index (χ3v) is 5.46. The SMILES string of the molecule is FC1=CCC(=c2ncn(Cc3ccc(OC(F)(F)F)cc3)c2=C2CC=Nc3[nH]ccc32)C=C1. The van der Waals surface area contributed by atoms with Crippen molar-refractivity contribution < 1.29 is 22.3 Å². The number of allylic oxidation sites excluding steroid dienone is 4. The van der Waals surface area contributed by atoms with Crippen LogP contribution in [0.5, 0.6) is 5.75 Å². The summed E-state index contributed by atoms with van der Waals surface area (Å²) in [5.74, 6) is 0.189. The summed E-state index contributed by atoms with van der Waals surface area (Å²) < 4.78 is 56.8. The van der Waals surface area contributed by atoms with Crippen LogP contribution in [-0.2, 0) is 6.54 Å². The van der Waals surface area contributed by atoms with Gasteiger partial charge in [-0.2, -0.15) is 0 Å². The lowest BCUT2D eigenvalue weighted by molar-refractivity contribution is -0.274. The third kappa shape index (κ3) is 4.39. The molecule has 5 rings (SSSR count). The van der Waals surface area contributed by atoms with Crippen molar-refractivity contribution in [3.8, 4) is 5.75 Å². The zero-order valence-electron chi connectivity index (χ0n) is 17.2. The molecule has 3 aromatic rings. The fourth-order valence-electron chi connectivity index (χ4n) is 4.02. The predicted octanol–water partition coefficient (Wildman–Crippen LogP) is 4.43. The standard InChI is InChI=1S/C24H18F4N4O/c25-17-5-3-16(4-6-17)21-22(19-9-11-29-23-20(19)10-12-30-23)32(14-31-21)13-15-1-7-18(8-2-15)33-24(26,27)28/h1-3,5-8,10-12,14,30H,4,9,13H2. The molecular formula is C24H18F4N4O. The van der Waals surface area contributed by atoms with E-state index >= 15 is 0 Å². The number of rotatable bonds is 3. The molecule has 0 radical (unpaired) electrons. The second kappa shape index (κ2) is 8.23. The van der Waals surface area contributed by atoms with Gasteiger partial charge in [0.2, 0.25) is 0 Å². The van der Waals surface area contributed by atoms with Crippen LogP contribution < -0.4 is 15.4 Å². The van der Waals surface area contributed by atoms with Gasteiger partial charge in [0, 0.05) is 30.9 Å². The zero-order valence-corrected chi connectivity index (χ0v) is 17.2. The Morgan fingerprint density at radius 3 is 2.61 bits per heavy atom. The molecule has 33 heavy (non-hydrogen) atoms. The van der Waals surface area contributed by atoms with E-state index < -0.39 is 6.36 Å². The zero-order chi connectivity index (χ0) is 23.0. The summed E-state index contributed by atoms with van der Waals surface area (Å²) >= 11 is 0. The fourth-order valence-corrected chi connectivity index (χ4v) is 4.02. The van der Waals surface area contributed by atoms with E-state index in [1.54, 1.807) is 24.5 Å². The first-order valence-corrected chi connectivity index (χ1v) is 10.2. The number of ether oxygens (including phenoxy) is 1. The van der Waals surface area contributed by atoms with Gasteiger partial charge in [0.1, 0.15) is 17.4 Å². The number of hydrogen-bond acceptors (Lipinski definition) is 3. The number of aromatic nitrogens is 3. The molecular weight excluding hydrogens is 436 g/mol. The van der Waals surface area contributed by atoms with Crippen LogP contribution in [0.2, 0.25) is 0 Å². The second-order valence-electron chi connectivity index (χ2n) is 7.65. The van der Waals surface area contributed by atoms with Crippen molar-refractivity contribution in [2.75, 3.05) is 0 Å². The van der Waals surface area contributed by atoms with Gasteiger partial charge in [0.15, 0.2) is 0 Å². The highest BCUT2D eigenvalue weighted by Crippen LogP contribution is 2.28. The Morgan fingerprint density at radius 1 is 1.06 bits per heavy atom. The van der Waals surface area contributed by atoms with Crippen LogP contribution in [0.4, 0.5) is 23.4 Å². The number of H-pyrrole nitrogens is 1. The fraction of sp³-hybridized carbons (Fsp3) is 0.167. The van der Waals surface area contributed by atoms with Crippen molar-refractivity contribution in [3.05, 3.63) is 88.7 Å². The normalized spacial score (nSPS) is 18.8. The molecule has 5 nitrogen and oxygen atoms in total. The number of hydrogen-bond donors (Lipinski definition) is 1. The van der Waals surface area contributed by atoms with Gasteiger partial charge in [0.25, 0.3) is 0 Å². The molecule has 0 saturated heterocycles. The van der Waals surface area contributed by atoms with E-state index in [1.807, 2.05) is 23.0 Å². The van der Waals surface area contributed by atoms with Crippen LogP contribution in [0.25, 0.3) is 11.1 Å². The van der Waals surface area contributed by atoms with E-state index in [4.69, 9.17) is 0 Å². The van der Waals surface area contributed by atoms with E-state index in [0.717, 1.165) is 38.8 Å². The van der Waals surface area contributed by atoms with Crippen molar-refractivity contribution in [1.82, 2.24) is 14.5 Å². The lowest BCUT2D eigenvalue weighted by Crippen LogP contribution is -2.35. The summed E-state index contributed by atoms with van der Waals surface area (Å²) in [5, 5.41) is 1.61. The molecule has 0 fully saturated rings. The van der Waals surface area contributed by atoms with Crippen LogP contribution in [0.1, 0.15) is 24.0 Å². The largest absolute Gasteiger partial charge is 0.573 e. The lowest BCUT2D eigenvalue weighted by Gasteiger charge is -2.13. The number of aliphatic imine (C=N–C) groups is 1. The molecule has 0 amide bonds. The molecule has 2 aliphatic rings. The highest BCUT2D eigenvalue weighted by Gasteiger charge is 2.31. The molecule has 168 valence electrons. The maximum Gasteiger partial charge on any atom is 0.573 e. The van der Waals surface area contributed by atoms with Crippen LogP contribution in [0.3, 0.4) is 0 Å². The van der Waals surface area contributed by atoms with Gasteiger partial charge < -0.3 is 14.3 Å². The molecule has 0 spiro atoms. The molecule has 1 aliphatic carbocycles. The van der Waals surface area contributed by atoms with Gasteiger partial charge in [0.05, 0.1) is 17.0 Å². The Labute approximate surface area is 185 Å². The monoisotopic (exact) mass is 454 g/mol. The average molecular weight is 454 g/mol. The summed E-state index contributed by atoms with van der Waals surface area (Å²) in [4.78, 5) is 12.1. The molecule has 9 heteroatoms. The van der Waals surface area contributed by atoms with E-state index in [9.17, 15) is 17.6 Å². The summed E-state index contributed by atoms with van der Waals surface area (Å²) in [5.41, 5.74) is 3.63. The second-order valence-corrected chi connectivity index (χ2v) is 7.65. The molecule has 0 saturated carbocycles. The Hall–Kier alpha value is -3.88. The molecule has 1 N–H and O–H groups in total. The van der Waals surface area contributed by atoms with Crippen molar-refractivity contribution in [1.29, 1.82) is 0 Å². The first-order valence-electron chi connectivity index (χ1n) is 10.2. The Bertz CT molecular complexity index is 1410. The number of nitrogens with zero attached hydrogens (tertiary/aromatic N) is 3. The summed E-state index contributed by atoms with van der Waals surface area (Å²) in [7, 11) is 0. The molecule has 2 aromatic heterocycles. The van der Waals surface area contributed by atoms with Crippen LogP contribution in [0.15, 0.2) is 71.9 Å². The quantitative estimate of drug-likeness (QED) is 0.596. The van der Waals surface area contributed by atoms with Gasteiger partial charge >= 0.3 is 6.36 Å².